The number of hydrogen-bond donors (Lipinski definition) is 2. The summed E-state index contributed by atoms with van der Waals surface area (Å²) in [6.45, 7) is 8.01. The predicted molar refractivity (Wildman–Crippen MR) is 74.0 cm³/mol. The minimum absolute atomic E-state index is 0.0150. The highest BCUT2D eigenvalue weighted by Gasteiger charge is 2.20. The van der Waals surface area contributed by atoms with Crippen LogP contribution in [-0.2, 0) is 0 Å². The minimum atomic E-state index is 0.0150. The molecule has 2 rings (SSSR count). The lowest BCUT2D eigenvalue weighted by Crippen LogP contribution is -2.36. The summed E-state index contributed by atoms with van der Waals surface area (Å²) in [6, 6.07) is 0.311. The smallest absolute Gasteiger partial charge is 0.323 e. The lowest BCUT2D eigenvalue weighted by atomic mass is 10.0. The Balaban J connectivity index is 2.22. The van der Waals surface area contributed by atoms with Crippen LogP contribution in [0.1, 0.15) is 33.6 Å². The van der Waals surface area contributed by atoms with Crippen LogP contribution in [0.2, 0.25) is 0 Å². The van der Waals surface area contributed by atoms with Crippen LogP contribution in [0.15, 0.2) is 0 Å². The van der Waals surface area contributed by atoms with Crippen molar-refractivity contribution >= 4 is 11.9 Å². The van der Waals surface area contributed by atoms with E-state index in [-0.39, 0.29) is 6.10 Å². The second kappa shape index (κ2) is 6.01. The number of nitrogens with one attached hydrogen (secondary N) is 1. The lowest BCUT2D eigenvalue weighted by molar-refractivity contribution is 0.222. The zero-order valence-corrected chi connectivity index (χ0v) is 11.8. The van der Waals surface area contributed by atoms with Crippen LogP contribution in [-0.4, -0.2) is 34.1 Å². The van der Waals surface area contributed by atoms with E-state index >= 15 is 0 Å². The molecule has 0 amide bonds. The van der Waals surface area contributed by atoms with Crippen molar-refractivity contribution in [2.24, 2.45) is 11.8 Å². The topological polar surface area (TPSA) is 89.2 Å². The maximum absolute atomic E-state index is 5.53. The SMILES string of the molecule is CC1CCCN(c2nc(NN)nc(OC(C)C)n2)C1. The number of anilines is 2. The van der Waals surface area contributed by atoms with Crippen molar-refractivity contribution in [2.75, 3.05) is 23.4 Å². The first-order valence-electron chi connectivity index (χ1n) is 6.72. The molecule has 7 heteroatoms. The summed E-state index contributed by atoms with van der Waals surface area (Å²) in [5.41, 5.74) is 2.46. The summed E-state index contributed by atoms with van der Waals surface area (Å²) < 4.78 is 5.53. The number of piperidine rings is 1. The highest BCUT2D eigenvalue weighted by molar-refractivity contribution is 5.38. The standard InChI is InChI=1S/C12H22N6O/c1-8(2)19-12-15-10(17-13)14-11(16-12)18-6-4-5-9(3)7-18/h8-9H,4-7,13H2,1-3H3,(H,14,15,16,17). The second-order valence-electron chi connectivity index (χ2n) is 5.25. The maximum atomic E-state index is 5.53. The second-order valence-corrected chi connectivity index (χ2v) is 5.25. The van der Waals surface area contributed by atoms with Gasteiger partial charge in [-0.25, -0.2) is 5.84 Å². The molecule has 0 radical (unpaired) electrons. The summed E-state index contributed by atoms with van der Waals surface area (Å²) in [4.78, 5) is 14.9. The molecular formula is C12H22N6O. The van der Waals surface area contributed by atoms with E-state index in [1.807, 2.05) is 13.8 Å². The molecule has 3 N–H and O–H groups in total. The van der Waals surface area contributed by atoms with Gasteiger partial charge in [-0.05, 0) is 32.6 Å². The van der Waals surface area contributed by atoms with Gasteiger partial charge in [0, 0.05) is 13.1 Å². The molecule has 0 saturated carbocycles. The molecule has 0 bridgehead atoms. The number of hydrazine groups is 1. The van der Waals surface area contributed by atoms with E-state index in [1.54, 1.807) is 0 Å². The summed E-state index contributed by atoms with van der Waals surface area (Å²) in [6.07, 6.45) is 2.42. The van der Waals surface area contributed by atoms with Gasteiger partial charge in [0.15, 0.2) is 0 Å². The molecule has 0 spiro atoms. The Morgan fingerprint density at radius 3 is 2.79 bits per heavy atom. The lowest BCUT2D eigenvalue weighted by Gasteiger charge is -2.31. The molecule has 7 nitrogen and oxygen atoms in total. The van der Waals surface area contributed by atoms with E-state index in [4.69, 9.17) is 10.6 Å². The fourth-order valence-electron chi connectivity index (χ4n) is 2.19. The molecule has 0 aromatic carbocycles. The van der Waals surface area contributed by atoms with Crippen molar-refractivity contribution in [3.05, 3.63) is 0 Å². The average Bonchev–Trinajstić information content (AvgIpc) is 2.37. The van der Waals surface area contributed by atoms with Gasteiger partial charge in [-0.2, -0.15) is 15.0 Å². The summed E-state index contributed by atoms with van der Waals surface area (Å²) in [7, 11) is 0. The Morgan fingerprint density at radius 1 is 1.37 bits per heavy atom. The van der Waals surface area contributed by atoms with Gasteiger partial charge in [-0.1, -0.05) is 6.92 Å². The molecule has 1 aromatic rings. The van der Waals surface area contributed by atoms with Crippen molar-refractivity contribution in [1.82, 2.24) is 15.0 Å². The zero-order chi connectivity index (χ0) is 13.8. The minimum Gasteiger partial charge on any atom is -0.461 e. The molecule has 1 aromatic heterocycles. The van der Waals surface area contributed by atoms with Crippen molar-refractivity contribution in [1.29, 1.82) is 0 Å². The highest BCUT2D eigenvalue weighted by atomic mass is 16.5. The Labute approximate surface area is 113 Å². The maximum Gasteiger partial charge on any atom is 0.323 e. The predicted octanol–water partition coefficient (Wildman–Crippen LogP) is 1.18. The Morgan fingerprint density at radius 2 is 2.16 bits per heavy atom. The van der Waals surface area contributed by atoms with Gasteiger partial charge < -0.3 is 9.64 Å². The van der Waals surface area contributed by atoms with Gasteiger partial charge in [-0.15, -0.1) is 0 Å². The van der Waals surface area contributed by atoms with Crippen molar-refractivity contribution < 1.29 is 4.74 Å². The Kier molecular flexibility index (Phi) is 4.36. The molecule has 1 aliphatic rings. The van der Waals surface area contributed by atoms with E-state index in [0.717, 1.165) is 19.5 Å². The van der Waals surface area contributed by atoms with E-state index < -0.39 is 0 Å². The van der Waals surface area contributed by atoms with E-state index in [0.29, 0.717) is 23.8 Å². The van der Waals surface area contributed by atoms with E-state index in [2.05, 4.69) is 32.2 Å². The molecule has 0 aliphatic carbocycles. The van der Waals surface area contributed by atoms with Crippen molar-refractivity contribution in [3.8, 4) is 6.01 Å². The molecular weight excluding hydrogens is 244 g/mol. The van der Waals surface area contributed by atoms with Gasteiger partial charge >= 0.3 is 6.01 Å². The monoisotopic (exact) mass is 266 g/mol. The fraction of sp³-hybridized carbons (Fsp3) is 0.750. The molecule has 1 unspecified atom stereocenters. The number of nitrogens with two attached hydrogens (primary N) is 1. The summed E-state index contributed by atoms with van der Waals surface area (Å²) in [5.74, 6) is 7.01. The third-order valence-electron chi connectivity index (χ3n) is 3.01. The first-order chi connectivity index (χ1) is 9.08. The number of rotatable bonds is 4. The van der Waals surface area contributed by atoms with E-state index in [1.165, 1.54) is 6.42 Å². The zero-order valence-electron chi connectivity index (χ0n) is 11.8. The third-order valence-corrected chi connectivity index (χ3v) is 3.01. The number of nitrogen functional groups attached to an aromatic ring is 1. The van der Waals surface area contributed by atoms with Gasteiger partial charge in [-0.3, -0.25) is 5.43 Å². The largest absolute Gasteiger partial charge is 0.461 e. The highest BCUT2D eigenvalue weighted by Crippen LogP contribution is 2.22. The molecule has 1 atom stereocenters. The van der Waals surface area contributed by atoms with Gasteiger partial charge in [0.1, 0.15) is 0 Å². The van der Waals surface area contributed by atoms with E-state index in [9.17, 15) is 0 Å². The average molecular weight is 266 g/mol. The first-order valence-corrected chi connectivity index (χ1v) is 6.72. The third kappa shape index (κ3) is 3.66. The van der Waals surface area contributed by atoms with Crippen LogP contribution in [0, 0.1) is 5.92 Å². The fourth-order valence-corrected chi connectivity index (χ4v) is 2.19. The van der Waals surface area contributed by atoms with Crippen LogP contribution in [0.25, 0.3) is 0 Å². The van der Waals surface area contributed by atoms with Crippen LogP contribution in [0.3, 0.4) is 0 Å². The normalized spacial score (nSPS) is 19.6. The molecule has 2 heterocycles. The molecule has 106 valence electrons. The van der Waals surface area contributed by atoms with Gasteiger partial charge in [0.2, 0.25) is 11.9 Å². The molecule has 1 fully saturated rings. The summed E-state index contributed by atoms with van der Waals surface area (Å²) in [5, 5.41) is 0. The first kappa shape index (κ1) is 13.8. The van der Waals surface area contributed by atoms with Crippen molar-refractivity contribution in [3.63, 3.8) is 0 Å². The number of aromatic nitrogens is 3. The Hall–Kier alpha value is -1.63. The van der Waals surface area contributed by atoms with Crippen LogP contribution >= 0.6 is 0 Å². The van der Waals surface area contributed by atoms with Crippen LogP contribution in [0.5, 0.6) is 6.01 Å². The number of hydrogen-bond acceptors (Lipinski definition) is 7. The van der Waals surface area contributed by atoms with Gasteiger partial charge in [0.05, 0.1) is 6.10 Å². The number of nitrogens with zero attached hydrogens (tertiary/aromatic N) is 4. The molecule has 1 aliphatic heterocycles. The van der Waals surface area contributed by atoms with Gasteiger partial charge in [0.25, 0.3) is 0 Å². The Bertz CT molecular complexity index is 425. The molecule has 19 heavy (non-hydrogen) atoms. The van der Waals surface area contributed by atoms with Crippen LogP contribution in [0.4, 0.5) is 11.9 Å². The van der Waals surface area contributed by atoms with Crippen molar-refractivity contribution in [2.45, 2.75) is 39.7 Å². The molecule has 1 saturated heterocycles. The number of ether oxygens (including phenoxy) is 1. The summed E-state index contributed by atoms with van der Waals surface area (Å²) >= 11 is 0. The van der Waals surface area contributed by atoms with Crippen LogP contribution < -0.4 is 20.9 Å². The quantitative estimate of drug-likeness (QED) is 0.624.